The molecule has 1 aliphatic rings. The largest absolute Gasteiger partial charge is 0.380 e. The van der Waals surface area contributed by atoms with Crippen LogP contribution < -0.4 is 10.6 Å². The van der Waals surface area contributed by atoms with Gasteiger partial charge in [-0.1, -0.05) is 74.6 Å². The predicted octanol–water partition coefficient (Wildman–Crippen LogP) is 9.55. The molecule has 2 N–H and O–H groups in total. The van der Waals surface area contributed by atoms with E-state index in [1.54, 1.807) is 16.7 Å². The number of aryl methyl sites for hydroxylation is 1. The molecule has 2 heterocycles. The van der Waals surface area contributed by atoms with Gasteiger partial charge in [-0.3, -0.25) is 4.79 Å². The van der Waals surface area contributed by atoms with Gasteiger partial charge < -0.3 is 10.6 Å². The molecule has 0 bridgehead atoms. The summed E-state index contributed by atoms with van der Waals surface area (Å²) in [5, 5.41) is 18.3. The molecule has 49 heavy (non-hydrogen) atoms. The monoisotopic (exact) mass is 654 g/mol. The molecule has 2 atom stereocenters. The SMILES string of the molecule is C#CC(/C=C(\C)C(=C)C)CCC(C)CC=C.C=C1C=C(Nc2cccc(CNC(=C)c3cc(C(=C)C)n4nc(C)cc4n3)c2)C1=O.CC#N. The van der Waals surface area contributed by atoms with Crippen molar-refractivity contribution in [3.63, 3.8) is 0 Å². The van der Waals surface area contributed by atoms with Crippen molar-refractivity contribution in [3.8, 4) is 18.4 Å². The third-order valence-corrected chi connectivity index (χ3v) is 7.74. The second-order valence-electron chi connectivity index (χ2n) is 12.3. The number of rotatable bonds is 14. The predicted molar refractivity (Wildman–Crippen MR) is 206 cm³/mol. The van der Waals surface area contributed by atoms with E-state index in [4.69, 9.17) is 11.7 Å². The molecule has 7 nitrogen and oxygen atoms in total. The van der Waals surface area contributed by atoms with E-state index < -0.39 is 0 Å². The van der Waals surface area contributed by atoms with E-state index in [9.17, 15) is 4.79 Å². The Morgan fingerprint density at radius 3 is 2.41 bits per heavy atom. The van der Waals surface area contributed by atoms with Gasteiger partial charge in [-0.2, -0.15) is 10.4 Å². The summed E-state index contributed by atoms with van der Waals surface area (Å²) in [7, 11) is 0. The van der Waals surface area contributed by atoms with E-state index in [0.29, 0.717) is 29.4 Å². The van der Waals surface area contributed by atoms with Gasteiger partial charge in [0.15, 0.2) is 5.65 Å². The number of terminal acetylenes is 1. The van der Waals surface area contributed by atoms with Gasteiger partial charge in [0.2, 0.25) is 5.78 Å². The van der Waals surface area contributed by atoms with Crippen LogP contribution in [0.4, 0.5) is 5.69 Å². The van der Waals surface area contributed by atoms with Crippen molar-refractivity contribution in [1.29, 1.82) is 5.26 Å². The number of benzene rings is 1. The molecule has 0 saturated heterocycles. The normalized spacial score (nSPS) is 13.1. The zero-order chi connectivity index (χ0) is 36.7. The fraction of sp³-hybridized carbons (Fsp3) is 0.286. The summed E-state index contributed by atoms with van der Waals surface area (Å²) >= 11 is 0. The molecular formula is C42H50N6O. The molecule has 2 aromatic heterocycles. The van der Waals surface area contributed by atoms with E-state index >= 15 is 0 Å². The molecular weight excluding hydrogens is 605 g/mol. The maximum absolute atomic E-state index is 11.7. The maximum Gasteiger partial charge on any atom is 0.208 e. The van der Waals surface area contributed by atoms with Crippen LogP contribution in [0.1, 0.15) is 76.5 Å². The van der Waals surface area contributed by atoms with E-state index in [0.717, 1.165) is 64.4 Å². The molecule has 3 aromatic rings. The molecule has 0 amide bonds. The minimum Gasteiger partial charge on any atom is -0.380 e. The number of hydrogen-bond acceptors (Lipinski definition) is 6. The van der Waals surface area contributed by atoms with E-state index in [-0.39, 0.29) is 11.7 Å². The number of carbonyl (C=O) groups excluding carboxylic acids is 1. The van der Waals surface area contributed by atoms with E-state index in [2.05, 4.69) is 79.5 Å². The first kappa shape index (κ1) is 39.5. The number of aromatic nitrogens is 3. The smallest absolute Gasteiger partial charge is 0.208 e. The minimum atomic E-state index is -0.0446. The fourth-order valence-electron chi connectivity index (χ4n) is 4.78. The molecule has 4 rings (SSSR count). The molecule has 7 heteroatoms. The highest BCUT2D eigenvalue weighted by Gasteiger charge is 2.21. The van der Waals surface area contributed by atoms with Gasteiger partial charge in [-0.15, -0.1) is 13.0 Å². The summed E-state index contributed by atoms with van der Waals surface area (Å²) in [4.78, 5) is 16.4. The number of nitriles is 1. The van der Waals surface area contributed by atoms with E-state index in [1.807, 2.05) is 63.2 Å². The number of ketones is 1. The fourth-order valence-corrected chi connectivity index (χ4v) is 4.78. The van der Waals surface area contributed by atoms with Gasteiger partial charge in [-0.05, 0) is 88.3 Å². The Hall–Kier alpha value is -5.66. The van der Waals surface area contributed by atoms with Crippen LogP contribution in [0.15, 0.2) is 110 Å². The second-order valence-corrected chi connectivity index (χ2v) is 12.3. The van der Waals surface area contributed by atoms with Crippen molar-refractivity contribution in [2.45, 2.75) is 67.3 Å². The number of hydrogen-bond donors (Lipinski definition) is 2. The number of allylic oxidation sites excluding steroid dienone is 7. The highest BCUT2D eigenvalue weighted by molar-refractivity contribution is 6.18. The Morgan fingerprint density at radius 1 is 1.14 bits per heavy atom. The van der Waals surface area contributed by atoms with Gasteiger partial charge >= 0.3 is 0 Å². The molecule has 1 aromatic carbocycles. The molecule has 1 aliphatic carbocycles. The zero-order valence-electron chi connectivity index (χ0n) is 30.0. The standard InChI is InChI=1S/C24H23N5O.C16H24.C2H3N/c1-14(2)22-12-20(27-23-10-16(4)28-29(22)23)17(5)25-13-18-7-6-8-19(11-18)26-21-9-15(3)24(21)30;1-7-9-14(5)10-11-16(8-2)12-15(6)13(3)4;1-2-3/h6-12,25-26H,1,3,5,13H2,2,4H3;2,7,12,14,16H,1,3,9-11H2,4-6H3;1H3/b;15-12+;. The molecule has 0 spiro atoms. The maximum atomic E-state index is 11.7. The Labute approximate surface area is 293 Å². The number of carbonyl (C=O) groups is 1. The first-order valence-corrected chi connectivity index (χ1v) is 16.2. The van der Waals surface area contributed by atoms with Crippen molar-refractivity contribution in [2.24, 2.45) is 11.8 Å². The highest BCUT2D eigenvalue weighted by Crippen LogP contribution is 2.23. The quantitative estimate of drug-likeness (QED) is 0.0778. The summed E-state index contributed by atoms with van der Waals surface area (Å²) in [6.45, 7) is 31.8. The van der Waals surface area contributed by atoms with Crippen LogP contribution in [0.25, 0.3) is 16.9 Å². The van der Waals surface area contributed by atoms with Crippen LogP contribution in [0, 0.1) is 42.4 Å². The van der Waals surface area contributed by atoms with Crippen molar-refractivity contribution < 1.29 is 4.79 Å². The molecule has 0 fully saturated rings. The number of Topliss-reactive ketones (excluding diaryl/α,β-unsaturated/α-hetero) is 1. The molecule has 0 saturated carbocycles. The van der Waals surface area contributed by atoms with Gasteiger partial charge in [0.05, 0.1) is 34.5 Å². The lowest BCUT2D eigenvalue weighted by molar-refractivity contribution is -0.112. The third-order valence-electron chi connectivity index (χ3n) is 7.74. The average molecular weight is 655 g/mol. The Morgan fingerprint density at radius 2 is 1.84 bits per heavy atom. The summed E-state index contributed by atoms with van der Waals surface area (Å²) < 4.78 is 1.80. The Balaban J connectivity index is 0.000000372. The van der Waals surface area contributed by atoms with Crippen molar-refractivity contribution in [3.05, 3.63) is 133 Å². The number of anilines is 1. The molecule has 254 valence electrons. The lowest BCUT2D eigenvalue weighted by Crippen LogP contribution is -2.21. The lowest BCUT2D eigenvalue weighted by atomic mass is 9.93. The molecule has 2 unspecified atom stereocenters. The summed E-state index contributed by atoms with van der Waals surface area (Å²) in [6, 6.07) is 13.5. The molecule has 0 aliphatic heterocycles. The van der Waals surface area contributed by atoms with Gasteiger partial charge in [0, 0.05) is 36.7 Å². The topological polar surface area (TPSA) is 95.1 Å². The van der Waals surface area contributed by atoms with Crippen LogP contribution in [0.2, 0.25) is 0 Å². The zero-order valence-corrected chi connectivity index (χ0v) is 30.0. The number of fused-ring (bicyclic) bond motifs is 1. The number of nitrogens with zero attached hydrogens (tertiary/aromatic N) is 4. The van der Waals surface area contributed by atoms with Crippen LogP contribution in [0.5, 0.6) is 0 Å². The van der Waals surface area contributed by atoms with E-state index in [1.165, 1.54) is 12.5 Å². The third kappa shape index (κ3) is 12.1. The van der Waals surface area contributed by atoms with Crippen LogP contribution in [-0.2, 0) is 11.3 Å². The minimum absolute atomic E-state index is 0.0446. The van der Waals surface area contributed by atoms with Crippen LogP contribution >= 0.6 is 0 Å². The van der Waals surface area contributed by atoms with Gasteiger partial charge in [0.25, 0.3) is 0 Å². The summed E-state index contributed by atoms with van der Waals surface area (Å²) in [6.07, 6.45) is 14.7. The molecule has 0 radical (unpaired) electrons. The van der Waals surface area contributed by atoms with Gasteiger partial charge in [-0.25, -0.2) is 9.50 Å². The number of nitrogens with one attached hydrogen (secondary N) is 2. The summed E-state index contributed by atoms with van der Waals surface area (Å²) in [5.41, 5.74) is 10.2. The highest BCUT2D eigenvalue weighted by atomic mass is 16.1. The average Bonchev–Trinajstić information content (AvgIpc) is 3.45. The second kappa shape index (κ2) is 19.2. The van der Waals surface area contributed by atoms with Gasteiger partial charge in [0.1, 0.15) is 0 Å². The van der Waals surface area contributed by atoms with Crippen molar-refractivity contribution >= 4 is 28.4 Å². The summed E-state index contributed by atoms with van der Waals surface area (Å²) in [5.74, 6) is 3.71. The first-order chi connectivity index (χ1) is 23.2. The van der Waals surface area contributed by atoms with Crippen LogP contribution in [-0.4, -0.2) is 20.4 Å². The van der Waals surface area contributed by atoms with Crippen LogP contribution in [0.3, 0.4) is 0 Å². The van der Waals surface area contributed by atoms with Crippen molar-refractivity contribution in [1.82, 2.24) is 19.9 Å². The lowest BCUT2D eigenvalue weighted by Gasteiger charge is -2.18. The van der Waals surface area contributed by atoms with Crippen molar-refractivity contribution in [2.75, 3.05) is 5.32 Å². The first-order valence-electron chi connectivity index (χ1n) is 16.2. The Bertz CT molecular complexity index is 1870. The Kier molecular flexibility index (Phi) is 15.5.